The highest BCUT2D eigenvalue weighted by atomic mass is 19.1. The van der Waals surface area contributed by atoms with Gasteiger partial charge < -0.3 is 15.5 Å². The van der Waals surface area contributed by atoms with Crippen molar-refractivity contribution in [2.24, 2.45) is 0 Å². The number of nitrogens with one attached hydrogen (secondary N) is 2. The number of nitrogens with zero attached hydrogens (tertiary/aromatic N) is 2. The van der Waals surface area contributed by atoms with Crippen LogP contribution >= 0.6 is 0 Å². The monoisotopic (exact) mass is 316 g/mol. The molecule has 23 heavy (non-hydrogen) atoms. The number of aromatic nitrogens is 1. The molecule has 1 amide bonds. The van der Waals surface area contributed by atoms with E-state index in [0.29, 0.717) is 5.69 Å². The fourth-order valence-corrected chi connectivity index (χ4v) is 2.02. The molecule has 0 atom stereocenters. The predicted octanol–water partition coefficient (Wildman–Crippen LogP) is 2.84. The molecule has 0 aliphatic heterocycles. The van der Waals surface area contributed by atoms with Crippen molar-refractivity contribution >= 4 is 17.4 Å². The summed E-state index contributed by atoms with van der Waals surface area (Å²) in [7, 11) is 4.07. The van der Waals surface area contributed by atoms with Crippen LogP contribution in [-0.2, 0) is 0 Å². The Balaban J connectivity index is 1.86. The summed E-state index contributed by atoms with van der Waals surface area (Å²) < 4.78 is 13.1. The highest BCUT2D eigenvalue weighted by Crippen LogP contribution is 2.12. The molecule has 1 heterocycles. The molecule has 0 aliphatic carbocycles. The number of halogens is 1. The molecule has 0 bridgehead atoms. The van der Waals surface area contributed by atoms with Gasteiger partial charge in [0.1, 0.15) is 11.6 Å². The van der Waals surface area contributed by atoms with Gasteiger partial charge in [-0.2, -0.15) is 0 Å². The Bertz CT molecular complexity index is 643. The maximum absolute atomic E-state index is 13.1. The van der Waals surface area contributed by atoms with E-state index in [1.165, 1.54) is 18.2 Å². The largest absolute Gasteiger partial charge is 0.370 e. The third-order valence-electron chi connectivity index (χ3n) is 3.20. The number of carbonyl (C=O) groups is 1. The van der Waals surface area contributed by atoms with Crippen molar-refractivity contribution in [1.29, 1.82) is 0 Å². The van der Waals surface area contributed by atoms with Gasteiger partial charge in [-0.3, -0.25) is 4.79 Å². The molecule has 2 N–H and O–H groups in total. The van der Waals surface area contributed by atoms with Crippen molar-refractivity contribution in [3.05, 3.63) is 54.0 Å². The molecule has 0 saturated carbocycles. The van der Waals surface area contributed by atoms with Crippen molar-refractivity contribution in [3.63, 3.8) is 0 Å². The molecule has 0 unspecified atom stereocenters. The maximum atomic E-state index is 13.1. The van der Waals surface area contributed by atoms with E-state index < -0.39 is 5.82 Å². The van der Waals surface area contributed by atoms with Crippen LogP contribution in [0.15, 0.2) is 42.6 Å². The number of benzene rings is 1. The van der Waals surface area contributed by atoms with Crippen LogP contribution in [0, 0.1) is 5.82 Å². The highest BCUT2D eigenvalue weighted by molar-refractivity contribution is 6.04. The lowest BCUT2D eigenvalue weighted by molar-refractivity contribution is 0.102. The predicted molar refractivity (Wildman–Crippen MR) is 90.3 cm³/mol. The second kappa shape index (κ2) is 8.24. The summed E-state index contributed by atoms with van der Waals surface area (Å²) >= 11 is 0. The number of rotatable bonds is 7. The summed E-state index contributed by atoms with van der Waals surface area (Å²) in [5.41, 5.74) is 0.842. The van der Waals surface area contributed by atoms with E-state index in [0.717, 1.165) is 25.3 Å². The second-order valence-corrected chi connectivity index (χ2v) is 5.48. The van der Waals surface area contributed by atoms with Crippen LogP contribution in [0.3, 0.4) is 0 Å². The first-order valence-electron chi connectivity index (χ1n) is 7.46. The number of hydrogen-bond acceptors (Lipinski definition) is 4. The first kappa shape index (κ1) is 16.9. The average molecular weight is 316 g/mol. The van der Waals surface area contributed by atoms with Gasteiger partial charge in [0.2, 0.25) is 0 Å². The van der Waals surface area contributed by atoms with Gasteiger partial charge >= 0.3 is 0 Å². The molecule has 0 aliphatic rings. The van der Waals surface area contributed by atoms with Crippen LogP contribution in [0.2, 0.25) is 0 Å². The van der Waals surface area contributed by atoms with E-state index in [1.807, 2.05) is 14.1 Å². The van der Waals surface area contributed by atoms with Crippen molar-refractivity contribution in [2.75, 3.05) is 37.8 Å². The van der Waals surface area contributed by atoms with Crippen molar-refractivity contribution < 1.29 is 9.18 Å². The molecule has 2 rings (SSSR count). The second-order valence-electron chi connectivity index (χ2n) is 5.48. The number of carbonyl (C=O) groups excluding carboxylic acids is 1. The van der Waals surface area contributed by atoms with Gasteiger partial charge in [0.05, 0.1) is 11.9 Å². The van der Waals surface area contributed by atoms with Crippen LogP contribution in [0.5, 0.6) is 0 Å². The van der Waals surface area contributed by atoms with Crippen LogP contribution in [0.25, 0.3) is 0 Å². The topological polar surface area (TPSA) is 57.3 Å². The minimum Gasteiger partial charge on any atom is -0.370 e. The summed E-state index contributed by atoms with van der Waals surface area (Å²) in [6, 6.07) is 9.13. The third kappa shape index (κ3) is 5.67. The van der Waals surface area contributed by atoms with Gasteiger partial charge in [-0.05, 0) is 57.4 Å². The smallest absolute Gasteiger partial charge is 0.255 e. The lowest BCUT2D eigenvalue weighted by Crippen LogP contribution is -2.16. The lowest BCUT2D eigenvalue weighted by Gasteiger charge is -2.10. The Kier molecular flexibility index (Phi) is 6.05. The van der Waals surface area contributed by atoms with Crippen LogP contribution in [0.4, 0.5) is 15.9 Å². The minimum atomic E-state index is -0.437. The van der Waals surface area contributed by atoms with Crippen LogP contribution in [0.1, 0.15) is 16.8 Å². The van der Waals surface area contributed by atoms with Crippen molar-refractivity contribution in [3.8, 4) is 0 Å². The van der Waals surface area contributed by atoms with Gasteiger partial charge in [-0.15, -0.1) is 0 Å². The Labute approximate surface area is 135 Å². The first-order chi connectivity index (χ1) is 11.0. The number of amides is 1. The van der Waals surface area contributed by atoms with E-state index in [9.17, 15) is 9.18 Å². The standard InChI is InChI=1S/C17H21FN4O/c1-22(2)10-4-9-19-16-8-7-15(12-20-16)21-17(23)13-5-3-6-14(18)11-13/h3,5-8,11-12H,4,9-10H2,1-2H3,(H,19,20)(H,21,23). The molecular formula is C17H21FN4O. The van der Waals surface area contributed by atoms with E-state index in [4.69, 9.17) is 0 Å². The van der Waals surface area contributed by atoms with E-state index in [2.05, 4.69) is 20.5 Å². The maximum Gasteiger partial charge on any atom is 0.255 e. The summed E-state index contributed by atoms with van der Waals surface area (Å²) in [6.45, 7) is 1.84. The molecule has 0 saturated heterocycles. The van der Waals surface area contributed by atoms with Gasteiger partial charge in [-0.25, -0.2) is 9.37 Å². The molecule has 0 radical (unpaired) electrons. The third-order valence-corrected chi connectivity index (χ3v) is 3.20. The van der Waals surface area contributed by atoms with Gasteiger partial charge in [-0.1, -0.05) is 6.07 Å². The molecule has 1 aromatic carbocycles. The fraction of sp³-hybridized carbons (Fsp3) is 0.294. The molecule has 6 heteroatoms. The van der Waals surface area contributed by atoms with Crippen molar-refractivity contribution in [2.45, 2.75) is 6.42 Å². The zero-order chi connectivity index (χ0) is 16.7. The molecule has 5 nitrogen and oxygen atoms in total. The summed E-state index contributed by atoms with van der Waals surface area (Å²) in [6.07, 6.45) is 2.60. The zero-order valence-corrected chi connectivity index (χ0v) is 13.3. The lowest BCUT2D eigenvalue weighted by atomic mass is 10.2. The van der Waals surface area contributed by atoms with E-state index in [1.54, 1.807) is 24.4 Å². The summed E-state index contributed by atoms with van der Waals surface area (Å²) in [4.78, 5) is 18.4. The minimum absolute atomic E-state index is 0.274. The molecule has 2 aromatic rings. The molecule has 0 fully saturated rings. The Morgan fingerprint density at radius 1 is 1.26 bits per heavy atom. The van der Waals surface area contributed by atoms with E-state index in [-0.39, 0.29) is 11.5 Å². The van der Waals surface area contributed by atoms with Crippen LogP contribution < -0.4 is 10.6 Å². The summed E-state index contributed by atoms with van der Waals surface area (Å²) in [5, 5.41) is 5.91. The number of hydrogen-bond donors (Lipinski definition) is 2. The fourth-order valence-electron chi connectivity index (χ4n) is 2.02. The average Bonchev–Trinajstić information content (AvgIpc) is 2.53. The molecule has 1 aromatic heterocycles. The quantitative estimate of drug-likeness (QED) is 0.771. The SMILES string of the molecule is CN(C)CCCNc1ccc(NC(=O)c2cccc(F)c2)cn1. The van der Waals surface area contributed by atoms with Crippen molar-refractivity contribution in [1.82, 2.24) is 9.88 Å². The number of anilines is 2. The molecule has 122 valence electrons. The Hall–Kier alpha value is -2.47. The van der Waals surface area contributed by atoms with Crippen LogP contribution in [-0.4, -0.2) is 43.0 Å². The van der Waals surface area contributed by atoms with Gasteiger partial charge in [0.25, 0.3) is 5.91 Å². The Morgan fingerprint density at radius 2 is 2.09 bits per heavy atom. The normalized spacial score (nSPS) is 10.6. The summed E-state index contributed by atoms with van der Waals surface area (Å²) in [5.74, 6) is -0.0430. The first-order valence-corrected chi connectivity index (χ1v) is 7.46. The van der Waals surface area contributed by atoms with Gasteiger partial charge in [0.15, 0.2) is 0 Å². The highest BCUT2D eigenvalue weighted by Gasteiger charge is 2.07. The number of pyridine rings is 1. The molecule has 0 spiro atoms. The zero-order valence-electron chi connectivity index (χ0n) is 13.3. The molecular weight excluding hydrogens is 295 g/mol. The Morgan fingerprint density at radius 3 is 2.74 bits per heavy atom. The van der Waals surface area contributed by atoms with E-state index >= 15 is 0 Å². The van der Waals surface area contributed by atoms with Gasteiger partial charge in [0, 0.05) is 12.1 Å².